The van der Waals surface area contributed by atoms with E-state index in [0.29, 0.717) is 16.7 Å². The standard InChI is InChI=1S/C18H15ClN4O2/c1-25-14-8-2-11(3-9-14)16-15(10-20)17(24)23-18(22-16)21-13-6-4-12(19)5-7-13/h2-9,15-16H,1H3,(H2,21,22,23,24). The molecule has 25 heavy (non-hydrogen) atoms. The van der Waals surface area contributed by atoms with Gasteiger partial charge in [0.2, 0.25) is 11.9 Å². The number of hydrogen-bond acceptors (Lipinski definition) is 5. The summed E-state index contributed by atoms with van der Waals surface area (Å²) in [6.45, 7) is 0. The lowest BCUT2D eigenvalue weighted by molar-refractivity contribution is -0.122. The number of halogens is 1. The van der Waals surface area contributed by atoms with Crippen molar-refractivity contribution < 1.29 is 9.53 Å². The van der Waals surface area contributed by atoms with Crippen molar-refractivity contribution in [1.29, 1.82) is 5.26 Å². The van der Waals surface area contributed by atoms with Gasteiger partial charge in [0.05, 0.1) is 13.2 Å². The number of carbonyl (C=O) groups is 1. The van der Waals surface area contributed by atoms with Gasteiger partial charge < -0.3 is 10.1 Å². The third kappa shape index (κ3) is 3.73. The van der Waals surface area contributed by atoms with E-state index < -0.39 is 17.9 Å². The average Bonchev–Trinajstić information content (AvgIpc) is 2.63. The molecule has 0 saturated carbocycles. The summed E-state index contributed by atoms with van der Waals surface area (Å²) in [5, 5.41) is 15.6. The van der Waals surface area contributed by atoms with Gasteiger partial charge in [-0.25, -0.2) is 4.99 Å². The molecule has 0 aromatic heterocycles. The van der Waals surface area contributed by atoms with Gasteiger partial charge in [0, 0.05) is 10.7 Å². The number of anilines is 1. The molecule has 2 aromatic rings. The van der Waals surface area contributed by atoms with E-state index in [9.17, 15) is 10.1 Å². The predicted molar refractivity (Wildman–Crippen MR) is 95.5 cm³/mol. The Balaban J connectivity index is 1.90. The molecule has 0 fully saturated rings. The fourth-order valence-electron chi connectivity index (χ4n) is 2.51. The van der Waals surface area contributed by atoms with Crippen molar-refractivity contribution in [3.8, 4) is 11.8 Å². The Hall–Kier alpha value is -3.04. The van der Waals surface area contributed by atoms with Gasteiger partial charge >= 0.3 is 0 Å². The van der Waals surface area contributed by atoms with Crippen LogP contribution in [-0.4, -0.2) is 19.0 Å². The summed E-state index contributed by atoms with van der Waals surface area (Å²) in [6, 6.07) is 15.6. The van der Waals surface area contributed by atoms with Crippen LogP contribution in [0.5, 0.6) is 5.75 Å². The zero-order valence-electron chi connectivity index (χ0n) is 13.4. The normalized spacial score (nSPS) is 19.4. The summed E-state index contributed by atoms with van der Waals surface area (Å²) in [5.41, 5.74) is 1.49. The summed E-state index contributed by atoms with van der Waals surface area (Å²) in [5.74, 6) is -0.306. The number of amides is 1. The maximum atomic E-state index is 12.3. The first-order valence-corrected chi connectivity index (χ1v) is 7.93. The van der Waals surface area contributed by atoms with E-state index in [1.54, 1.807) is 55.6 Å². The van der Waals surface area contributed by atoms with E-state index in [0.717, 1.165) is 11.3 Å². The number of aliphatic imine (C=N–C) groups is 1. The lowest BCUT2D eigenvalue weighted by Gasteiger charge is -2.25. The van der Waals surface area contributed by atoms with E-state index in [-0.39, 0.29) is 0 Å². The number of carbonyl (C=O) groups excluding carboxylic acids is 1. The molecule has 0 aliphatic carbocycles. The predicted octanol–water partition coefficient (Wildman–Crippen LogP) is 3.13. The Morgan fingerprint density at radius 2 is 1.88 bits per heavy atom. The smallest absolute Gasteiger partial charge is 0.246 e. The van der Waals surface area contributed by atoms with Crippen LogP contribution in [-0.2, 0) is 4.79 Å². The van der Waals surface area contributed by atoms with E-state index >= 15 is 0 Å². The molecule has 6 nitrogen and oxygen atoms in total. The molecule has 1 aliphatic heterocycles. The third-order valence-corrected chi connectivity index (χ3v) is 4.06. The van der Waals surface area contributed by atoms with E-state index in [2.05, 4.69) is 15.6 Å². The summed E-state index contributed by atoms with van der Waals surface area (Å²) in [7, 11) is 1.58. The number of nitrogens with one attached hydrogen (secondary N) is 2. The number of hydrogen-bond donors (Lipinski definition) is 2. The first-order valence-electron chi connectivity index (χ1n) is 7.55. The summed E-state index contributed by atoms with van der Waals surface area (Å²) >= 11 is 5.87. The van der Waals surface area contributed by atoms with Gasteiger partial charge in [-0.1, -0.05) is 23.7 Å². The van der Waals surface area contributed by atoms with Crippen LogP contribution in [0.2, 0.25) is 5.02 Å². The Labute approximate surface area is 150 Å². The molecule has 7 heteroatoms. The van der Waals surface area contributed by atoms with E-state index in [1.165, 1.54) is 0 Å². The van der Waals surface area contributed by atoms with Gasteiger partial charge in [-0.3, -0.25) is 10.1 Å². The summed E-state index contributed by atoms with van der Waals surface area (Å²) < 4.78 is 5.14. The Bertz CT molecular complexity index is 841. The fraction of sp³-hybridized carbons (Fsp3) is 0.167. The van der Waals surface area contributed by atoms with E-state index in [1.807, 2.05) is 6.07 Å². The van der Waals surface area contributed by atoms with E-state index in [4.69, 9.17) is 16.3 Å². The SMILES string of the molecule is COc1ccc(C2N=C(Nc3ccc(Cl)cc3)NC(=O)C2C#N)cc1. The molecule has 2 aromatic carbocycles. The number of ether oxygens (including phenoxy) is 1. The molecular formula is C18H15ClN4O2. The minimum atomic E-state index is -0.899. The minimum absolute atomic E-state index is 0.291. The molecule has 2 atom stereocenters. The molecule has 0 spiro atoms. The molecule has 0 radical (unpaired) electrons. The number of benzene rings is 2. The highest BCUT2D eigenvalue weighted by molar-refractivity contribution is 6.30. The van der Waals surface area contributed by atoms with Gasteiger partial charge in [-0.2, -0.15) is 5.26 Å². The van der Waals surface area contributed by atoms with Crippen molar-refractivity contribution >= 4 is 29.2 Å². The van der Waals surface area contributed by atoms with Gasteiger partial charge in [-0.05, 0) is 42.0 Å². The molecule has 126 valence electrons. The average molecular weight is 355 g/mol. The van der Waals surface area contributed by atoms with Crippen LogP contribution in [0, 0.1) is 17.2 Å². The van der Waals surface area contributed by atoms with Crippen LogP contribution in [0.4, 0.5) is 5.69 Å². The third-order valence-electron chi connectivity index (χ3n) is 3.81. The number of guanidine groups is 1. The Kier molecular flexibility index (Phi) is 4.87. The lowest BCUT2D eigenvalue weighted by atomic mass is 9.92. The molecule has 0 bridgehead atoms. The highest BCUT2D eigenvalue weighted by atomic mass is 35.5. The first kappa shape index (κ1) is 16.8. The van der Waals surface area contributed by atoms with Crippen molar-refractivity contribution in [1.82, 2.24) is 5.32 Å². The first-order chi connectivity index (χ1) is 12.1. The highest BCUT2D eigenvalue weighted by Crippen LogP contribution is 2.30. The van der Waals surface area contributed by atoms with Crippen LogP contribution in [0.3, 0.4) is 0 Å². The maximum Gasteiger partial charge on any atom is 0.246 e. The zero-order chi connectivity index (χ0) is 17.8. The van der Waals surface area contributed by atoms with Crippen molar-refractivity contribution in [3.05, 3.63) is 59.1 Å². The van der Waals surface area contributed by atoms with Crippen LogP contribution in [0.15, 0.2) is 53.5 Å². The van der Waals surface area contributed by atoms with Crippen molar-refractivity contribution in [2.75, 3.05) is 12.4 Å². The lowest BCUT2D eigenvalue weighted by Crippen LogP contribution is -2.45. The summed E-state index contributed by atoms with van der Waals surface area (Å²) in [4.78, 5) is 16.8. The Morgan fingerprint density at radius 1 is 1.20 bits per heavy atom. The summed E-state index contributed by atoms with van der Waals surface area (Å²) in [6.07, 6.45) is 0. The molecule has 2 unspecified atom stereocenters. The second-order valence-corrected chi connectivity index (χ2v) is 5.86. The van der Waals surface area contributed by atoms with Gasteiger partial charge in [0.25, 0.3) is 0 Å². The van der Waals surface area contributed by atoms with Crippen LogP contribution < -0.4 is 15.4 Å². The fourth-order valence-corrected chi connectivity index (χ4v) is 2.64. The van der Waals surface area contributed by atoms with Crippen LogP contribution in [0.1, 0.15) is 11.6 Å². The molecule has 2 N–H and O–H groups in total. The van der Waals surface area contributed by atoms with Crippen LogP contribution >= 0.6 is 11.6 Å². The van der Waals surface area contributed by atoms with Gasteiger partial charge in [0.1, 0.15) is 11.8 Å². The molecule has 1 heterocycles. The topological polar surface area (TPSA) is 86.5 Å². The highest BCUT2D eigenvalue weighted by Gasteiger charge is 2.34. The monoisotopic (exact) mass is 354 g/mol. The maximum absolute atomic E-state index is 12.3. The molecule has 1 aliphatic rings. The van der Waals surface area contributed by atoms with Crippen molar-refractivity contribution in [3.63, 3.8) is 0 Å². The molecule has 3 rings (SSSR count). The Morgan fingerprint density at radius 3 is 2.48 bits per heavy atom. The molecule has 1 amide bonds. The van der Waals surface area contributed by atoms with Crippen molar-refractivity contribution in [2.24, 2.45) is 10.9 Å². The van der Waals surface area contributed by atoms with Crippen molar-refractivity contribution in [2.45, 2.75) is 6.04 Å². The largest absolute Gasteiger partial charge is 0.497 e. The van der Waals surface area contributed by atoms with Gasteiger partial charge in [0.15, 0.2) is 5.92 Å². The second-order valence-electron chi connectivity index (χ2n) is 5.42. The number of nitriles is 1. The number of nitrogens with zero attached hydrogens (tertiary/aromatic N) is 2. The minimum Gasteiger partial charge on any atom is -0.497 e. The number of rotatable bonds is 3. The second kappa shape index (κ2) is 7.24. The number of methoxy groups -OCH3 is 1. The zero-order valence-corrected chi connectivity index (χ0v) is 14.1. The molecular weight excluding hydrogens is 340 g/mol. The molecule has 0 saturated heterocycles. The van der Waals surface area contributed by atoms with Gasteiger partial charge in [-0.15, -0.1) is 0 Å². The van der Waals surface area contributed by atoms with Crippen LogP contribution in [0.25, 0.3) is 0 Å². The quantitative estimate of drug-likeness (QED) is 0.886.